The number of nitrogens with zero attached hydrogens (tertiary/aromatic N) is 1. The van der Waals surface area contributed by atoms with E-state index in [1.54, 1.807) is 36.5 Å². The van der Waals surface area contributed by atoms with E-state index in [9.17, 15) is 9.90 Å². The highest BCUT2D eigenvalue weighted by Gasteiger charge is 2.20. The Bertz CT molecular complexity index is 1100. The molecule has 5 N–H and O–H groups in total. The number of amides is 1. The van der Waals surface area contributed by atoms with Gasteiger partial charge < -0.3 is 21.5 Å². The number of carbonyl (C=O) groups is 1. The molecule has 0 saturated heterocycles. The normalized spacial score (nSPS) is 12.4. The molecule has 0 unspecified atom stereocenters. The molecule has 1 heterocycles. The molecule has 8 heteroatoms. The summed E-state index contributed by atoms with van der Waals surface area (Å²) in [6.45, 7) is 4.91. The third-order valence-electron chi connectivity index (χ3n) is 5.38. The molecular weight excluding hydrogens is 471 g/mol. The molecule has 0 fully saturated rings. The van der Waals surface area contributed by atoms with Crippen LogP contribution in [0.25, 0.3) is 0 Å². The molecule has 6 nitrogen and oxygen atoms in total. The van der Waals surface area contributed by atoms with Crippen LogP contribution < -0.4 is 16.4 Å². The Morgan fingerprint density at radius 2 is 1.76 bits per heavy atom. The van der Waals surface area contributed by atoms with E-state index in [-0.39, 0.29) is 17.9 Å². The number of anilines is 1. The monoisotopic (exact) mass is 500 g/mol. The molecule has 0 aliphatic rings. The summed E-state index contributed by atoms with van der Waals surface area (Å²) in [7, 11) is 0. The van der Waals surface area contributed by atoms with Crippen molar-refractivity contribution in [3.63, 3.8) is 0 Å². The van der Waals surface area contributed by atoms with Crippen LogP contribution in [0.2, 0.25) is 10.0 Å². The van der Waals surface area contributed by atoms with Gasteiger partial charge in [0, 0.05) is 40.4 Å². The van der Waals surface area contributed by atoms with Crippen LogP contribution in [0.4, 0.5) is 5.82 Å². The van der Waals surface area contributed by atoms with Gasteiger partial charge in [-0.2, -0.15) is 0 Å². The van der Waals surface area contributed by atoms with Crippen molar-refractivity contribution in [1.29, 1.82) is 0 Å². The molecule has 0 bridgehead atoms. The minimum atomic E-state index is -0.684. The average molecular weight is 501 g/mol. The van der Waals surface area contributed by atoms with Gasteiger partial charge in [-0.05, 0) is 61.2 Å². The van der Waals surface area contributed by atoms with E-state index in [1.165, 1.54) is 0 Å². The molecule has 3 aromatic rings. The number of halogens is 2. The van der Waals surface area contributed by atoms with Crippen LogP contribution in [-0.2, 0) is 24.2 Å². The summed E-state index contributed by atoms with van der Waals surface area (Å²) in [6.07, 6.45) is 1.91. The highest BCUT2D eigenvalue weighted by atomic mass is 35.5. The number of hydrogen-bond donors (Lipinski definition) is 4. The number of aliphatic hydroxyl groups excluding tert-OH is 1. The Morgan fingerprint density at radius 3 is 2.44 bits per heavy atom. The van der Waals surface area contributed by atoms with Gasteiger partial charge in [0.25, 0.3) is 0 Å². The third-order valence-corrected chi connectivity index (χ3v) is 5.82. The lowest BCUT2D eigenvalue weighted by Crippen LogP contribution is -2.43. The third kappa shape index (κ3) is 8.29. The molecule has 0 radical (unpaired) electrons. The average Bonchev–Trinajstić information content (AvgIpc) is 2.76. The maximum atomic E-state index is 12.5. The number of nitrogens with two attached hydrogens (primary N) is 1. The zero-order valence-corrected chi connectivity index (χ0v) is 20.8. The molecule has 2 aromatic carbocycles. The van der Waals surface area contributed by atoms with Gasteiger partial charge in [0.05, 0.1) is 12.5 Å². The van der Waals surface area contributed by atoms with Crippen molar-refractivity contribution in [2.75, 3.05) is 12.3 Å². The molecule has 0 aliphatic heterocycles. The number of hydrogen-bond acceptors (Lipinski definition) is 5. The number of rotatable bonds is 10. The number of β-amino-alcohol motifs (C(OH)–C–C–N with tert-alkyl or cyclic N) is 1. The fraction of sp³-hybridized carbons (Fsp3) is 0.308. The van der Waals surface area contributed by atoms with E-state index >= 15 is 0 Å². The van der Waals surface area contributed by atoms with E-state index in [0.717, 1.165) is 23.1 Å². The van der Waals surface area contributed by atoms with Crippen LogP contribution in [0, 0.1) is 0 Å². The maximum absolute atomic E-state index is 12.5. The number of benzene rings is 2. The Kier molecular flexibility index (Phi) is 8.91. The first-order chi connectivity index (χ1) is 16.1. The molecule has 1 atom stereocenters. The van der Waals surface area contributed by atoms with Crippen molar-refractivity contribution in [2.24, 2.45) is 0 Å². The quantitative estimate of drug-likeness (QED) is 0.329. The molecule has 3 rings (SSSR count). The van der Waals surface area contributed by atoms with Crippen LogP contribution >= 0.6 is 23.2 Å². The van der Waals surface area contributed by atoms with Crippen LogP contribution in [0.15, 0.2) is 60.8 Å². The van der Waals surface area contributed by atoms with Crippen molar-refractivity contribution >= 4 is 34.9 Å². The van der Waals surface area contributed by atoms with E-state index in [4.69, 9.17) is 28.9 Å². The van der Waals surface area contributed by atoms with E-state index in [0.29, 0.717) is 34.5 Å². The van der Waals surface area contributed by atoms with Gasteiger partial charge in [0.15, 0.2) is 0 Å². The first-order valence-corrected chi connectivity index (χ1v) is 11.8. The smallest absolute Gasteiger partial charge is 0.224 e. The Labute approximate surface area is 210 Å². The first kappa shape index (κ1) is 26.0. The minimum Gasteiger partial charge on any atom is -0.387 e. The summed E-state index contributed by atoms with van der Waals surface area (Å²) in [5, 5.41) is 17.9. The zero-order valence-electron chi connectivity index (χ0n) is 19.3. The van der Waals surface area contributed by atoms with Gasteiger partial charge in [-0.25, -0.2) is 4.98 Å². The number of pyridine rings is 1. The highest BCUT2D eigenvalue weighted by molar-refractivity contribution is 6.34. The molecule has 1 aromatic heterocycles. The molecule has 0 aliphatic carbocycles. The first-order valence-electron chi connectivity index (χ1n) is 11.0. The summed E-state index contributed by atoms with van der Waals surface area (Å²) >= 11 is 12.0. The number of aliphatic hydroxyl groups is 1. The van der Waals surface area contributed by atoms with Crippen molar-refractivity contribution in [2.45, 2.75) is 44.9 Å². The van der Waals surface area contributed by atoms with Gasteiger partial charge in [-0.3, -0.25) is 4.79 Å². The fourth-order valence-corrected chi connectivity index (χ4v) is 4.26. The van der Waals surface area contributed by atoms with Crippen LogP contribution in [-0.4, -0.2) is 28.1 Å². The van der Waals surface area contributed by atoms with Crippen LogP contribution in [0.3, 0.4) is 0 Å². The topological polar surface area (TPSA) is 100 Å². The second-order valence-electron chi connectivity index (χ2n) is 9.02. The van der Waals surface area contributed by atoms with Crippen molar-refractivity contribution in [3.8, 4) is 0 Å². The number of nitrogens with one attached hydrogen (secondary N) is 2. The summed E-state index contributed by atoms with van der Waals surface area (Å²) in [5.74, 6) is 0.345. The second kappa shape index (κ2) is 11.7. The predicted molar refractivity (Wildman–Crippen MR) is 138 cm³/mol. The molecular formula is C26H30Cl2N4O2. The Hall–Kier alpha value is -2.64. The lowest BCUT2D eigenvalue weighted by molar-refractivity contribution is -0.120. The van der Waals surface area contributed by atoms with Gasteiger partial charge in [-0.1, -0.05) is 53.5 Å². The number of carbonyl (C=O) groups excluding carboxylic acids is 1. The van der Waals surface area contributed by atoms with Gasteiger partial charge in [-0.15, -0.1) is 0 Å². The summed E-state index contributed by atoms with van der Waals surface area (Å²) < 4.78 is 0. The van der Waals surface area contributed by atoms with Crippen LogP contribution in [0.5, 0.6) is 0 Å². The predicted octanol–water partition coefficient (Wildman–Crippen LogP) is 4.47. The van der Waals surface area contributed by atoms with Crippen molar-refractivity contribution in [1.82, 2.24) is 15.6 Å². The van der Waals surface area contributed by atoms with Crippen molar-refractivity contribution < 1.29 is 9.90 Å². The largest absolute Gasteiger partial charge is 0.387 e. The van der Waals surface area contributed by atoms with Gasteiger partial charge >= 0.3 is 0 Å². The SMILES string of the molecule is CC(C)(Cc1cccc(CC(=O)NCc2cc(Cl)cc(Cl)c2)c1)NC[C@H](O)c1ccc(N)nc1. The zero-order chi connectivity index (χ0) is 24.7. The molecule has 0 saturated carbocycles. The maximum Gasteiger partial charge on any atom is 0.224 e. The van der Waals surface area contributed by atoms with E-state index < -0.39 is 6.10 Å². The highest BCUT2D eigenvalue weighted by Crippen LogP contribution is 2.20. The number of aromatic nitrogens is 1. The Balaban J connectivity index is 1.52. The lowest BCUT2D eigenvalue weighted by Gasteiger charge is -2.28. The number of nitrogen functional groups attached to an aromatic ring is 1. The van der Waals surface area contributed by atoms with Crippen molar-refractivity contribution in [3.05, 3.63) is 93.1 Å². The fourth-order valence-electron chi connectivity index (χ4n) is 3.69. The van der Waals surface area contributed by atoms with Gasteiger partial charge in [0.1, 0.15) is 5.82 Å². The standard InChI is InChI=1S/C26H30Cl2N4O2/c1-26(2,32-16-23(33)20-6-7-24(29)30-15-20)13-18-5-3-4-17(8-18)11-25(34)31-14-19-9-21(27)12-22(28)10-19/h3-10,12,15,23,32-33H,11,13-14,16H2,1-2H3,(H2,29,30)(H,31,34)/t23-/m0/s1. The summed E-state index contributed by atoms with van der Waals surface area (Å²) in [4.78, 5) is 16.5. The van der Waals surface area contributed by atoms with E-state index in [2.05, 4.69) is 29.5 Å². The lowest BCUT2D eigenvalue weighted by atomic mass is 9.93. The van der Waals surface area contributed by atoms with E-state index in [1.807, 2.05) is 24.3 Å². The summed E-state index contributed by atoms with van der Waals surface area (Å²) in [5.41, 5.74) is 8.94. The second-order valence-corrected chi connectivity index (χ2v) is 9.90. The summed E-state index contributed by atoms with van der Waals surface area (Å²) in [6, 6.07) is 16.7. The molecule has 0 spiro atoms. The Morgan fingerprint density at radius 1 is 1.06 bits per heavy atom. The van der Waals surface area contributed by atoms with Crippen LogP contribution in [0.1, 0.15) is 42.2 Å². The molecule has 180 valence electrons. The molecule has 1 amide bonds. The minimum absolute atomic E-state index is 0.0779. The van der Waals surface area contributed by atoms with Gasteiger partial charge in [0.2, 0.25) is 5.91 Å². The molecule has 34 heavy (non-hydrogen) atoms.